The molecule has 14 heavy (non-hydrogen) atoms. The molecule has 3 heteroatoms. The molecule has 0 fully saturated rings. The van der Waals surface area contributed by atoms with Crippen molar-refractivity contribution in [3.05, 3.63) is 34.3 Å². The monoisotopic (exact) mass is 208 g/mol. The Balaban J connectivity index is 2.95. The van der Waals surface area contributed by atoms with Crippen LogP contribution in [0.1, 0.15) is 11.1 Å². The van der Waals surface area contributed by atoms with E-state index >= 15 is 0 Å². The largest absolute Gasteiger partial charge is 0.459 e. The highest BCUT2D eigenvalue weighted by atomic mass is 35.5. The Morgan fingerprint density at radius 2 is 2.14 bits per heavy atom. The maximum absolute atomic E-state index is 10.7. The zero-order chi connectivity index (χ0) is 10.6. The number of carbonyl (C=O) groups is 1. The second-order valence-electron chi connectivity index (χ2n) is 2.76. The molecule has 0 saturated carbocycles. The number of ether oxygens (including phenoxy) is 1. The molecular formula is C11H9ClO2. The van der Waals surface area contributed by atoms with E-state index in [1.54, 1.807) is 6.07 Å². The molecule has 0 aromatic heterocycles. The Hall–Kier alpha value is -1.46. The van der Waals surface area contributed by atoms with Crippen molar-refractivity contribution in [2.24, 2.45) is 0 Å². The first-order chi connectivity index (χ1) is 6.61. The van der Waals surface area contributed by atoms with Gasteiger partial charge in [-0.05, 0) is 30.7 Å². The van der Waals surface area contributed by atoms with Gasteiger partial charge in [-0.25, -0.2) is 4.79 Å². The molecule has 0 radical (unpaired) electrons. The zero-order valence-corrected chi connectivity index (χ0v) is 8.68. The minimum absolute atomic E-state index is 0.553. The number of hydrogen-bond acceptors (Lipinski definition) is 2. The lowest BCUT2D eigenvalue weighted by atomic mass is 10.1. The number of benzene rings is 1. The molecule has 0 unspecified atom stereocenters. The number of aryl methyl sites for hydroxylation is 1. The Morgan fingerprint density at radius 1 is 1.43 bits per heavy atom. The van der Waals surface area contributed by atoms with Crippen LogP contribution in [-0.4, -0.2) is 13.1 Å². The Labute approximate surface area is 87.8 Å². The van der Waals surface area contributed by atoms with Crippen LogP contribution >= 0.6 is 11.6 Å². The molecule has 0 aliphatic rings. The maximum atomic E-state index is 10.7. The number of esters is 1. The van der Waals surface area contributed by atoms with E-state index in [1.807, 2.05) is 19.1 Å². The summed E-state index contributed by atoms with van der Waals surface area (Å²) < 4.78 is 4.39. The molecule has 0 amide bonds. The van der Waals surface area contributed by atoms with Crippen molar-refractivity contribution in [1.29, 1.82) is 0 Å². The van der Waals surface area contributed by atoms with Gasteiger partial charge in [0.25, 0.3) is 0 Å². The fourth-order valence-corrected chi connectivity index (χ4v) is 1.27. The number of methoxy groups -OCH3 is 1. The molecule has 0 aliphatic heterocycles. The van der Waals surface area contributed by atoms with Crippen LogP contribution in [0.2, 0.25) is 5.02 Å². The molecule has 0 bridgehead atoms. The SMILES string of the molecule is COC(=O)C#Cc1cc(C)cc(Cl)c1. The van der Waals surface area contributed by atoms with Crippen molar-refractivity contribution in [2.75, 3.05) is 7.11 Å². The second-order valence-corrected chi connectivity index (χ2v) is 3.20. The smallest absolute Gasteiger partial charge is 0.384 e. The van der Waals surface area contributed by atoms with E-state index in [9.17, 15) is 4.79 Å². The van der Waals surface area contributed by atoms with Gasteiger partial charge in [-0.15, -0.1) is 0 Å². The van der Waals surface area contributed by atoms with Crippen LogP contribution in [0.4, 0.5) is 0 Å². The van der Waals surface area contributed by atoms with Gasteiger partial charge in [0.1, 0.15) is 0 Å². The molecule has 2 nitrogen and oxygen atoms in total. The number of halogens is 1. The predicted molar refractivity (Wildman–Crippen MR) is 55.1 cm³/mol. The van der Waals surface area contributed by atoms with E-state index < -0.39 is 5.97 Å². The van der Waals surface area contributed by atoms with Gasteiger partial charge in [0.05, 0.1) is 7.11 Å². The summed E-state index contributed by atoms with van der Waals surface area (Å²) in [6, 6.07) is 5.37. The minimum Gasteiger partial charge on any atom is -0.459 e. The van der Waals surface area contributed by atoms with Crippen molar-refractivity contribution < 1.29 is 9.53 Å². The van der Waals surface area contributed by atoms with Crippen molar-refractivity contribution in [1.82, 2.24) is 0 Å². The first-order valence-electron chi connectivity index (χ1n) is 3.99. The molecule has 72 valence electrons. The topological polar surface area (TPSA) is 26.3 Å². The van der Waals surface area contributed by atoms with Crippen molar-refractivity contribution in [3.63, 3.8) is 0 Å². The summed E-state index contributed by atoms with van der Waals surface area (Å²) >= 11 is 5.82. The molecule has 1 rings (SSSR count). The van der Waals surface area contributed by atoms with Crippen LogP contribution < -0.4 is 0 Å². The minimum atomic E-state index is -0.553. The first-order valence-corrected chi connectivity index (χ1v) is 4.37. The molecular weight excluding hydrogens is 200 g/mol. The highest BCUT2D eigenvalue weighted by Gasteiger charge is 1.94. The molecule has 0 spiro atoms. The Kier molecular flexibility index (Phi) is 3.55. The van der Waals surface area contributed by atoms with Crippen LogP contribution in [0.3, 0.4) is 0 Å². The van der Waals surface area contributed by atoms with E-state index in [-0.39, 0.29) is 0 Å². The molecule has 0 saturated heterocycles. The van der Waals surface area contributed by atoms with Gasteiger partial charge in [-0.1, -0.05) is 17.5 Å². The first kappa shape index (κ1) is 10.6. The van der Waals surface area contributed by atoms with Crippen LogP contribution in [0.15, 0.2) is 18.2 Å². The standard InChI is InChI=1S/C11H9ClO2/c1-8-5-9(7-10(12)6-8)3-4-11(13)14-2/h5-7H,1-2H3. The van der Waals surface area contributed by atoms with Crippen molar-refractivity contribution in [3.8, 4) is 11.8 Å². The highest BCUT2D eigenvalue weighted by molar-refractivity contribution is 6.30. The lowest BCUT2D eigenvalue weighted by Gasteiger charge is -1.95. The average molecular weight is 209 g/mol. The summed E-state index contributed by atoms with van der Waals surface area (Å²) in [4.78, 5) is 10.7. The molecule has 0 N–H and O–H groups in total. The molecule has 0 atom stereocenters. The van der Waals surface area contributed by atoms with E-state index in [2.05, 4.69) is 16.6 Å². The third-order valence-electron chi connectivity index (χ3n) is 1.54. The molecule has 1 aromatic carbocycles. The van der Waals surface area contributed by atoms with E-state index in [4.69, 9.17) is 11.6 Å². The summed E-state index contributed by atoms with van der Waals surface area (Å²) in [5.41, 5.74) is 1.71. The maximum Gasteiger partial charge on any atom is 0.384 e. The number of rotatable bonds is 0. The molecule has 1 aromatic rings. The molecule has 0 aliphatic carbocycles. The predicted octanol–water partition coefficient (Wildman–Crippen LogP) is 2.17. The van der Waals surface area contributed by atoms with Crippen LogP contribution in [0, 0.1) is 18.8 Å². The fourth-order valence-electron chi connectivity index (χ4n) is 0.983. The fraction of sp³-hybridized carbons (Fsp3) is 0.182. The van der Waals surface area contributed by atoms with Gasteiger partial charge >= 0.3 is 5.97 Å². The number of carbonyl (C=O) groups excluding carboxylic acids is 1. The van der Waals surface area contributed by atoms with E-state index in [0.717, 1.165) is 5.56 Å². The zero-order valence-electron chi connectivity index (χ0n) is 7.93. The van der Waals surface area contributed by atoms with E-state index in [1.165, 1.54) is 7.11 Å². The summed E-state index contributed by atoms with van der Waals surface area (Å²) in [7, 11) is 1.29. The van der Waals surface area contributed by atoms with Gasteiger partial charge in [0.15, 0.2) is 0 Å². The Morgan fingerprint density at radius 3 is 2.71 bits per heavy atom. The highest BCUT2D eigenvalue weighted by Crippen LogP contribution is 2.13. The Bertz CT molecular complexity index is 393. The number of hydrogen-bond donors (Lipinski definition) is 0. The van der Waals surface area contributed by atoms with Crippen LogP contribution in [0.5, 0.6) is 0 Å². The van der Waals surface area contributed by atoms with Gasteiger partial charge in [0, 0.05) is 16.5 Å². The summed E-state index contributed by atoms with van der Waals surface area (Å²) in [5.74, 6) is 4.45. The van der Waals surface area contributed by atoms with Gasteiger partial charge in [0.2, 0.25) is 0 Å². The van der Waals surface area contributed by atoms with Gasteiger partial charge in [-0.3, -0.25) is 0 Å². The average Bonchev–Trinajstić information content (AvgIpc) is 2.12. The quantitative estimate of drug-likeness (QED) is 0.483. The van der Waals surface area contributed by atoms with E-state index in [0.29, 0.717) is 10.6 Å². The lowest BCUT2D eigenvalue weighted by molar-refractivity contribution is -0.133. The summed E-state index contributed by atoms with van der Waals surface area (Å²) in [6.45, 7) is 1.91. The molecule has 0 heterocycles. The third-order valence-corrected chi connectivity index (χ3v) is 1.75. The summed E-state index contributed by atoms with van der Waals surface area (Å²) in [5, 5.41) is 0.610. The van der Waals surface area contributed by atoms with Crippen molar-refractivity contribution in [2.45, 2.75) is 6.92 Å². The third kappa shape index (κ3) is 3.12. The lowest BCUT2D eigenvalue weighted by Crippen LogP contribution is -1.94. The van der Waals surface area contributed by atoms with Gasteiger partial charge in [-0.2, -0.15) is 0 Å². The second kappa shape index (κ2) is 4.69. The summed E-state index contributed by atoms with van der Waals surface area (Å²) in [6.07, 6.45) is 0. The van der Waals surface area contributed by atoms with Crippen LogP contribution in [-0.2, 0) is 9.53 Å². The van der Waals surface area contributed by atoms with Crippen LogP contribution in [0.25, 0.3) is 0 Å². The van der Waals surface area contributed by atoms with Gasteiger partial charge < -0.3 is 4.74 Å². The van der Waals surface area contributed by atoms with Crippen molar-refractivity contribution >= 4 is 17.6 Å². The normalized spacial score (nSPS) is 8.79.